The molecule has 1 unspecified atom stereocenters. The second-order valence-corrected chi connectivity index (χ2v) is 4.16. The van der Waals surface area contributed by atoms with Gasteiger partial charge >= 0.3 is 0 Å². The highest BCUT2D eigenvalue weighted by Gasteiger charge is 2.11. The third kappa shape index (κ3) is 2.04. The zero-order valence-electron chi connectivity index (χ0n) is 7.81. The van der Waals surface area contributed by atoms with Crippen LogP contribution in [0.2, 0.25) is 5.02 Å². The Balaban J connectivity index is 2.34. The Labute approximate surface area is 84.1 Å². The minimum Gasteiger partial charge on any atom is -0.314 e. The molecule has 0 spiro atoms. The van der Waals surface area contributed by atoms with Crippen molar-refractivity contribution in [3.8, 4) is 0 Å². The van der Waals surface area contributed by atoms with Crippen LogP contribution in [-0.4, -0.2) is 12.6 Å². The maximum atomic E-state index is 5.95. The molecule has 1 aromatic carbocycles. The van der Waals surface area contributed by atoms with Crippen LogP contribution in [0.4, 0.5) is 0 Å². The molecule has 70 valence electrons. The molecular weight excluding hydrogens is 182 g/mol. The van der Waals surface area contributed by atoms with Crippen LogP contribution in [0.3, 0.4) is 0 Å². The Hall–Kier alpha value is -0.530. The van der Waals surface area contributed by atoms with Crippen molar-refractivity contribution in [1.29, 1.82) is 0 Å². The Morgan fingerprint density at radius 1 is 1.38 bits per heavy atom. The molecular formula is C11H14ClN. The van der Waals surface area contributed by atoms with Crippen molar-refractivity contribution in [3.63, 3.8) is 0 Å². The van der Waals surface area contributed by atoms with Gasteiger partial charge in [-0.25, -0.2) is 0 Å². The topological polar surface area (TPSA) is 12.0 Å². The molecule has 0 aliphatic carbocycles. The molecule has 1 heterocycles. The number of fused-ring (bicyclic) bond motifs is 1. The molecule has 0 aromatic heterocycles. The molecule has 2 rings (SSSR count). The van der Waals surface area contributed by atoms with Crippen LogP contribution in [0.15, 0.2) is 18.2 Å². The molecule has 13 heavy (non-hydrogen) atoms. The highest BCUT2D eigenvalue weighted by Crippen LogP contribution is 2.19. The predicted molar refractivity (Wildman–Crippen MR) is 56.3 cm³/mol. The van der Waals surface area contributed by atoms with Crippen molar-refractivity contribution in [2.75, 3.05) is 6.54 Å². The van der Waals surface area contributed by atoms with Gasteiger partial charge in [0.05, 0.1) is 0 Å². The van der Waals surface area contributed by atoms with E-state index >= 15 is 0 Å². The van der Waals surface area contributed by atoms with Gasteiger partial charge < -0.3 is 5.32 Å². The number of hydrogen-bond donors (Lipinski definition) is 1. The molecule has 1 atom stereocenters. The molecule has 0 radical (unpaired) electrons. The largest absolute Gasteiger partial charge is 0.314 e. The van der Waals surface area contributed by atoms with Gasteiger partial charge in [0, 0.05) is 11.1 Å². The minimum absolute atomic E-state index is 0.586. The highest BCUT2D eigenvalue weighted by atomic mass is 35.5. The van der Waals surface area contributed by atoms with Gasteiger partial charge in [0.2, 0.25) is 0 Å². The lowest BCUT2D eigenvalue weighted by molar-refractivity contribution is 0.568. The van der Waals surface area contributed by atoms with Crippen LogP contribution in [0.25, 0.3) is 0 Å². The summed E-state index contributed by atoms with van der Waals surface area (Å²) in [7, 11) is 0. The van der Waals surface area contributed by atoms with Gasteiger partial charge in [0.1, 0.15) is 0 Å². The van der Waals surface area contributed by atoms with E-state index in [1.165, 1.54) is 11.1 Å². The number of benzene rings is 1. The summed E-state index contributed by atoms with van der Waals surface area (Å²) in [5, 5.41) is 4.32. The van der Waals surface area contributed by atoms with Crippen LogP contribution in [-0.2, 0) is 12.8 Å². The van der Waals surface area contributed by atoms with E-state index in [2.05, 4.69) is 24.4 Å². The smallest absolute Gasteiger partial charge is 0.0408 e. The lowest BCUT2D eigenvalue weighted by Gasteiger charge is -2.09. The summed E-state index contributed by atoms with van der Waals surface area (Å²) in [6.45, 7) is 3.29. The average molecular weight is 196 g/mol. The zero-order chi connectivity index (χ0) is 9.26. The Morgan fingerprint density at radius 3 is 3.08 bits per heavy atom. The molecule has 1 nitrogen and oxygen atoms in total. The summed E-state index contributed by atoms with van der Waals surface area (Å²) >= 11 is 5.95. The van der Waals surface area contributed by atoms with E-state index in [9.17, 15) is 0 Å². The van der Waals surface area contributed by atoms with Gasteiger partial charge in [-0.2, -0.15) is 0 Å². The molecule has 0 saturated carbocycles. The first kappa shape index (κ1) is 9.04. The second-order valence-electron chi connectivity index (χ2n) is 3.72. The second kappa shape index (κ2) is 3.69. The Bertz CT molecular complexity index is 309. The molecule has 1 aromatic rings. The SMILES string of the molecule is CC1Cc2ccc(Cl)cc2CCN1. The first-order valence-corrected chi connectivity index (χ1v) is 5.14. The zero-order valence-corrected chi connectivity index (χ0v) is 8.56. The van der Waals surface area contributed by atoms with E-state index < -0.39 is 0 Å². The van der Waals surface area contributed by atoms with E-state index in [1.807, 2.05) is 6.07 Å². The molecule has 2 heteroatoms. The van der Waals surface area contributed by atoms with Crippen LogP contribution in [0.5, 0.6) is 0 Å². The molecule has 1 aliphatic heterocycles. The van der Waals surface area contributed by atoms with Crippen LogP contribution >= 0.6 is 11.6 Å². The van der Waals surface area contributed by atoms with Gasteiger partial charge in [-0.3, -0.25) is 0 Å². The average Bonchev–Trinajstić information content (AvgIpc) is 2.25. The number of halogens is 1. The lowest BCUT2D eigenvalue weighted by atomic mass is 10.0. The molecule has 0 fully saturated rings. The summed E-state index contributed by atoms with van der Waals surface area (Å²) < 4.78 is 0. The summed E-state index contributed by atoms with van der Waals surface area (Å²) in [5.74, 6) is 0. The van der Waals surface area contributed by atoms with Crippen LogP contribution in [0.1, 0.15) is 18.1 Å². The fraction of sp³-hybridized carbons (Fsp3) is 0.455. The third-order valence-electron chi connectivity index (χ3n) is 2.58. The fourth-order valence-corrected chi connectivity index (χ4v) is 2.08. The first-order chi connectivity index (χ1) is 6.25. The summed E-state index contributed by atoms with van der Waals surface area (Å²) in [6.07, 6.45) is 2.22. The molecule has 0 bridgehead atoms. The summed E-state index contributed by atoms with van der Waals surface area (Å²) in [6, 6.07) is 6.82. The minimum atomic E-state index is 0.586. The normalized spacial score (nSPS) is 22.2. The molecule has 0 saturated heterocycles. The van der Waals surface area contributed by atoms with Gasteiger partial charge in [0.15, 0.2) is 0 Å². The predicted octanol–water partition coefficient (Wildman–Crippen LogP) is 2.42. The number of hydrogen-bond acceptors (Lipinski definition) is 1. The summed E-state index contributed by atoms with van der Waals surface area (Å²) in [5.41, 5.74) is 2.85. The van der Waals surface area contributed by atoms with E-state index in [0.717, 1.165) is 24.4 Å². The van der Waals surface area contributed by atoms with Gasteiger partial charge in [-0.05, 0) is 49.6 Å². The van der Waals surface area contributed by atoms with Crippen LogP contribution < -0.4 is 5.32 Å². The maximum absolute atomic E-state index is 5.95. The molecule has 1 aliphatic rings. The molecule has 0 amide bonds. The van der Waals surface area contributed by atoms with Crippen molar-refractivity contribution < 1.29 is 0 Å². The van der Waals surface area contributed by atoms with Gasteiger partial charge in [-0.1, -0.05) is 17.7 Å². The van der Waals surface area contributed by atoms with E-state index in [1.54, 1.807) is 0 Å². The third-order valence-corrected chi connectivity index (χ3v) is 2.82. The van der Waals surface area contributed by atoms with Gasteiger partial charge in [-0.15, -0.1) is 0 Å². The first-order valence-electron chi connectivity index (χ1n) is 4.76. The van der Waals surface area contributed by atoms with E-state index in [-0.39, 0.29) is 0 Å². The van der Waals surface area contributed by atoms with Gasteiger partial charge in [0.25, 0.3) is 0 Å². The standard InChI is InChI=1S/C11H14ClN/c1-8-6-9-2-3-11(12)7-10(9)4-5-13-8/h2-3,7-8,13H,4-6H2,1H3. The van der Waals surface area contributed by atoms with E-state index in [4.69, 9.17) is 11.6 Å². The van der Waals surface area contributed by atoms with Crippen molar-refractivity contribution in [1.82, 2.24) is 5.32 Å². The fourth-order valence-electron chi connectivity index (χ4n) is 1.88. The Morgan fingerprint density at radius 2 is 2.23 bits per heavy atom. The van der Waals surface area contributed by atoms with Crippen molar-refractivity contribution in [2.45, 2.75) is 25.8 Å². The molecule has 1 N–H and O–H groups in total. The number of nitrogens with one attached hydrogen (secondary N) is 1. The van der Waals surface area contributed by atoms with E-state index in [0.29, 0.717) is 6.04 Å². The lowest BCUT2D eigenvalue weighted by Crippen LogP contribution is -2.27. The van der Waals surface area contributed by atoms with Crippen molar-refractivity contribution in [3.05, 3.63) is 34.3 Å². The number of rotatable bonds is 0. The van der Waals surface area contributed by atoms with Crippen molar-refractivity contribution >= 4 is 11.6 Å². The monoisotopic (exact) mass is 195 g/mol. The highest BCUT2D eigenvalue weighted by molar-refractivity contribution is 6.30. The quantitative estimate of drug-likeness (QED) is 0.671. The maximum Gasteiger partial charge on any atom is 0.0408 e. The van der Waals surface area contributed by atoms with Crippen molar-refractivity contribution in [2.24, 2.45) is 0 Å². The Kier molecular flexibility index (Phi) is 2.56. The van der Waals surface area contributed by atoms with Crippen LogP contribution in [0, 0.1) is 0 Å². The summed E-state index contributed by atoms with van der Waals surface area (Å²) in [4.78, 5) is 0.